The zero-order valence-electron chi connectivity index (χ0n) is 16.0. The van der Waals surface area contributed by atoms with E-state index in [4.69, 9.17) is 4.74 Å². The van der Waals surface area contributed by atoms with Gasteiger partial charge in [-0.15, -0.1) is 0 Å². The second-order valence-corrected chi connectivity index (χ2v) is 8.94. The number of piperazine rings is 1. The van der Waals surface area contributed by atoms with Crippen molar-refractivity contribution < 1.29 is 14.3 Å². The molecule has 0 atom stereocenters. The normalized spacial score (nSPS) is 16.6. The Labute approximate surface area is 185 Å². The average molecular weight is 488 g/mol. The lowest BCUT2D eigenvalue weighted by Gasteiger charge is -2.36. The highest BCUT2D eigenvalue weighted by Crippen LogP contribution is 2.34. The maximum atomic E-state index is 12.9. The number of amides is 2. The molecule has 0 N–H and O–H groups in total. The number of ether oxygens (including phenoxy) is 1. The first kappa shape index (κ1) is 19.3. The Bertz CT molecular complexity index is 1100. The summed E-state index contributed by atoms with van der Waals surface area (Å²) in [5, 5.41) is 0.929. The van der Waals surface area contributed by atoms with E-state index in [0.717, 1.165) is 20.0 Å². The second-order valence-electron chi connectivity index (χ2n) is 7.07. The largest absolute Gasteiger partial charge is 0.482 e. The maximum absolute atomic E-state index is 12.9. The van der Waals surface area contributed by atoms with Crippen LogP contribution >= 0.6 is 27.3 Å². The number of nitrogens with zero attached hydrogens (tertiary/aromatic N) is 5. The summed E-state index contributed by atoms with van der Waals surface area (Å²) in [6.07, 6.45) is 1.77. The lowest BCUT2D eigenvalue weighted by molar-refractivity contribution is -0.132. The van der Waals surface area contributed by atoms with E-state index in [1.165, 1.54) is 4.90 Å². The number of thiazole rings is 1. The van der Waals surface area contributed by atoms with Crippen LogP contribution in [-0.4, -0.2) is 66.0 Å². The summed E-state index contributed by atoms with van der Waals surface area (Å²) in [5.41, 5.74) is 1.52. The van der Waals surface area contributed by atoms with Crippen molar-refractivity contribution in [2.45, 2.75) is 0 Å². The van der Waals surface area contributed by atoms with Crippen molar-refractivity contribution in [2.75, 3.05) is 49.1 Å². The Kier molecular flexibility index (Phi) is 5.03. The summed E-state index contributed by atoms with van der Waals surface area (Å²) in [6.45, 7) is 2.54. The molecule has 1 aromatic carbocycles. The van der Waals surface area contributed by atoms with E-state index in [1.807, 2.05) is 29.2 Å². The molecule has 5 rings (SSSR count). The fourth-order valence-corrected chi connectivity index (χ4v) is 4.93. The van der Waals surface area contributed by atoms with Gasteiger partial charge in [-0.05, 0) is 30.3 Å². The first-order valence-electron chi connectivity index (χ1n) is 9.55. The van der Waals surface area contributed by atoms with Crippen molar-refractivity contribution in [3.63, 3.8) is 0 Å². The molecule has 3 aromatic rings. The number of aromatic nitrogens is 2. The van der Waals surface area contributed by atoms with Gasteiger partial charge in [0, 0.05) is 36.8 Å². The summed E-state index contributed by atoms with van der Waals surface area (Å²) in [4.78, 5) is 40.7. The number of benzene rings is 1. The third kappa shape index (κ3) is 3.61. The van der Waals surface area contributed by atoms with Gasteiger partial charge in [-0.3, -0.25) is 14.5 Å². The second kappa shape index (κ2) is 7.84. The maximum Gasteiger partial charge on any atom is 0.265 e. The van der Waals surface area contributed by atoms with Gasteiger partial charge in [-0.1, -0.05) is 27.3 Å². The van der Waals surface area contributed by atoms with Crippen LogP contribution in [0.4, 0.5) is 10.8 Å². The molecule has 30 heavy (non-hydrogen) atoms. The smallest absolute Gasteiger partial charge is 0.265 e. The van der Waals surface area contributed by atoms with Gasteiger partial charge in [0.15, 0.2) is 11.7 Å². The molecular weight excluding hydrogens is 470 g/mol. The van der Waals surface area contributed by atoms with E-state index >= 15 is 0 Å². The minimum atomic E-state index is -0.209. The van der Waals surface area contributed by atoms with Crippen LogP contribution in [0, 0.1) is 0 Å². The van der Waals surface area contributed by atoms with Crippen molar-refractivity contribution in [3.05, 3.63) is 41.0 Å². The molecule has 2 amide bonds. The molecule has 0 bridgehead atoms. The van der Waals surface area contributed by atoms with Gasteiger partial charge in [0.05, 0.1) is 5.69 Å². The van der Waals surface area contributed by atoms with Crippen LogP contribution in [-0.2, 0) is 9.59 Å². The number of pyridine rings is 1. The summed E-state index contributed by atoms with van der Waals surface area (Å²) in [6, 6.07) is 9.28. The minimum absolute atomic E-state index is 0.0158. The van der Waals surface area contributed by atoms with Gasteiger partial charge in [0.1, 0.15) is 22.6 Å². The van der Waals surface area contributed by atoms with Gasteiger partial charge in [0.2, 0.25) is 5.91 Å². The van der Waals surface area contributed by atoms with Crippen LogP contribution in [0.2, 0.25) is 0 Å². The molecule has 4 heterocycles. The van der Waals surface area contributed by atoms with Crippen LogP contribution in [0.3, 0.4) is 0 Å². The Morgan fingerprint density at radius 1 is 1.20 bits per heavy atom. The van der Waals surface area contributed by atoms with Crippen LogP contribution in [0.15, 0.2) is 41.0 Å². The predicted octanol–water partition coefficient (Wildman–Crippen LogP) is 2.53. The highest BCUT2D eigenvalue weighted by molar-refractivity contribution is 9.10. The molecule has 2 aliphatic heterocycles. The van der Waals surface area contributed by atoms with Gasteiger partial charge in [0.25, 0.3) is 5.91 Å². The number of halogens is 1. The van der Waals surface area contributed by atoms with E-state index in [-0.39, 0.29) is 25.0 Å². The molecule has 1 fully saturated rings. The fourth-order valence-electron chi connectivity index (χ4n) is 3.63. The zero-order valence-corrected chi connectivity index (χ0v) is 18.4. The fraction of sp³-hybridized carbons (Fsp3) is 0.300. The van der Waals surface area contributed by atoms with Gasteiger partial charge in [-0.2, -0.15) is 0 Å². The number of carbonyl (C=O) groups is 2. The molecule has 0 aliphatic carbocycles. The van der Waals surface area contributed by atoms with Crippen molar-refractivity contribution in [1.29, 1.82) is 0 Å². The van der Waals surface area contributed by atoms with E-state index in [1.54, 1.807) is 23.6 Å². The number of hydrogen-bond acceptors (Lipinski definition) is 7. The Morgan fingerprint density at radius 3 is 2.83 bits per heavy atom. The SMILES string of the molecule is O=C(CN1C(=O)COc2cc(Br)ccc21)N1CCN(c2nc3cccnc3s2)CC1. The summed E-state index contributed by atoms with van der Waals surface area (Å²) < 4.78 is 6.36. The first-order valence-corrected chi connectivity index (χ1v) is 11.2. The molecule has 0 saturated carbocycles. The third-order valence-corrected chi connectivity index (χ3v) is 6.75. The lowest BCUT2D eigenvalue weighted by Crippen LogP contribution is -2.53. The molecule has 2 aliphatic rings. The molecule has 0 radical (unpaired) electrons. The number of hydrogen-bond donors (Lipinski definition) is 0. The standard InChI is InChI=1S/C20H18BrN5O3S/c21-13-3-4-15-16(10-13)29-12-18(28)26(15)11-17(27)24-6-8-25(9-7-24)20-23-14-2-1-5-22-19(14)30-20/h1-5,10H,6-9,11-12H2. The quantitative estimate of drug-likeness (QED) is 0.564. The Morgan fingerprint density at radius 2 is 2.03 bits per heavy atom. The Balaban J connectivity index is 1.24. The van der Waals surface area contributed by atoms with Crippen LogP contribution in [0.5, 0.6) is 5.75 Å². The summed E-state index contributed by atoms with van der Waals surface area (Å²) >= 11 is 4.97. The van der Waals surface area contributed by atoms with E-state index in [9.17, 15) is 9.59 Å². The van der Waals surface area contributed by atoms with Gasteiger partial charge in [-0.25, -0.2) is 9.97 Å². The third-order valence-electron chi connectivity index (χ3n) is 5.22. The van der Waals surface area contributed by atoms with Gasteiger partial charge >= 0.3 is 0 Å². The number of carbonyl (C=O) groups excluding carboxylic acids is 2. The van der Waals surface area contributed by atoms with Crippen LogP contribution in [0.25, 0.3) is 10.3 Å². The van der Waals surface area contributed by atoms with Crippen molar-refractivity contribution in [3.8, 4) is 5.75 Å². The number of anilines is 2. The number of rotatable bonds is 3. The first-order chi connectivity index (χ1) is 14.6. The predicted molar refractivity (Wildman–Crippen MR) is 118 cm³/mol. The Hall–Kier alpha value is -2.72. The number of fused-ring (bicyclic) bond motifs is 2. The van der Waals surface area contributed by atoms with Gasteiger partial charge < -0.3 is 14.5 Å². The molecule has 8 nitrogen and oxygen atoms in total. The van der Waals surface area contributed by atoms with Crippen LogP contribution in [0.1, 0.15) is 0 Å². The van der Waals surface area contributed by atoms with Crippen LogP contribution < -0.4 is 14.5 Å². The highest BCUT2D eigenvalue weighted by Gasteiger charge is 2.30. The topological polar surface area (TPSA) is 78.9 Å². The lowest BCUT2D eigenvalue weighted by atomic mass is 10.2. The highest BCUT2D eigenvalue weighted by atomic mass is 79.9. The molecule has 0 unspecified atom stereocenters. The monoisotopic (exact) mass is 487 g/mol. The average Bonchev–Trinajstić information content (AvgIpc) is 3.20. The molecule has 0 spiro atoms. The van der Waals surface area contributed by atoms with E-state index < -0.39 is 0 Å². The molecule has 1 saturated heterocycles. The zero-order chi connectivity index (χ0) is 20.7. The molecule has 154 valence electrons. The van der Waals surface area contributed by atoms with Crippen molar-refractivity contribution in [2.24, 2.45) is 0 Å². The van der Waals surface area contributed by atoms with Crippen molar-refractivity contribution in [1.82, 2.24) is 14.9 Å². The minimum Gasteiger partial charge on any atom is -0.482 e. The molecule has 2 aromatic heterocycles. The molecule has 10 heteroatoms. The summed E-state index contributed by atoms with van der Waals surface area (Å²) in [7, 11) is 0. The van der Waals surface area contributed by atoms with Crippen molar-refractivity contribution >= 4 is 60.2 Å². The van der Waals surface area contributed by atoms with E-state index in [2.05, 4.69) is 30.8 Å². The summed E-state index contributed by atoms with van der Waals surface area (Å²) in [5.74, 6) is 0.328. The van der Waals surface area contributed by atoms with E-state index in [0.29, 0.717) is 37.6 Å². The molecular formula is C20H18BrN5O3S.